The van der Waals surface area contributed by atoms with Crippen LogP contribution in [0.1, 0.15) is 44.1 Å². The van der Waals surface area contributed by atoms with Crippen LogP contribution in [0.4, 0.5) is 8.78 Å². The molecule has 7 nitrogen and oxygen atoms in total. The van der Waals surface area contributed by atoms with Gasteiger partial charge in [0.05, 0.1) is 11.0 Å². The Morgan fingerprint density at radius 1 is 0.975 bits per heavy atom. The second-order valence-corrected chi connectivity index (χ2v) is 13.2. The first-order valence-corrected chi connectivity index (χ1v) is 15.7. The number of alkyl halides is 2. The molecule has 3 aromatic carbocycles. The molecular weight excluding hydrogens is 604 g/mol. The Labute approximate surface area is 241 Å². The number of nitrogens with zero attached hydrogens (tertiary/aromatic N) is 1. The zero-order valence-corrected chi connectivity index (χ0v) is 24.3. The number of benzene rings is 3. The molecule has 1 saturated heterocycles. The van der Waals surface area contributed by atoms with Crippen LogP contribution in [0.5, 0.6) is 5.75 Å². The Balaban J connectivity index is 1.43. The van der Waals surface area contributed by atoms with Crippen molar-refractivity contribution in [2.24, 2.45) is 5.73 Å². The molecule has 2 aliphatic rings. The largest absolute Gasteiger partial charge is 0.490 e. The molecule has 0 unspecified atom stereocenters. The van der Waals surface area contributed by atoms with Crippen molar-refractivity contribution in [2.45, 2.75) is 67.5 Å². The number of likely N-dealkylation sites (tertiary alicyclic amines) is 1. The van der Waals surface area contributed by atoms with E-state index in [-0.39, 0.29) is 30.1 Å². The fourth-order valence-corrected chi connectivity index (χ4v) is 6.77. The lowest BCUT2D eigenvalue weighted by Crippen LogP contribution is -2.57. The standard InChI is InChI=1S/C29H32BrF2N3O4S/c30-22-9-7-21(8-10-22)29(31,32)27(28(36)35-15-13-23(33)14-16-35)34-40(37,38)26-12-6-19-17-25(11-5-20(19)18-26)39-24-3-1-2-4-24/h5-12,17-18,23-24,27,34H,1-4,13-16,33H2/t27-/m1/s1. The Kier molecular flexibility index (Phi) is 8.47. The first kappa shape index (κ1) is 28.9. The fourth-order valence-electron chi connectivity index (χ4n) is 5.28. The minimum atomic E-state index is -4.52. The quantitative estimate of drug-likeness (QED) is 0.349. The van der Waals surface area contributed by atoms with Gasteiger partial charge in [-0.3, -0.25) is 4.79 Å². The normalized spacial score (nSPS) is 18.2. The van der Waals surface area contributed by atoms with Gasteiger partial charge in [-0.05, 0) is 85.7 Å². The van der Waals surface area contributed by atoms with Gasteiger partial charge in [0.15, 0.2) is 6.04 Å². The highest BCUT2D eigenvalue weighted by atomic mass is 79.9. The first-order valence-electron chi connectivity index (χ1n) is 13.4. The van der Waals surface area contributed by atoms with Crippen molar-refractivity contribution in [2.75, 3.05) is 13.1 Å². The number of carbonyl (C=O) groups excluding carboxylic acids is 1. The summed E-state index contributed by atoms with van der Waals surface area (Å²) in [7, 11) is -4.52. The molecule has 3 aromatic rings. The lowest BCUT2D eigenvalue weighted by molar-refractivity contribution is -0.145. The lowest BCUT2D eigenvalue weighted by Gasteiger charge is -2.35. The molecule has 1 heterocycles. The summed E-state index contributed by atoms with van der Waals surface area (Å²) >= 11 is 3.22. The summed E-state index contributed by atoms with van der Waals surface area (Å²) in [5.41, 5.74) is 5.45. The second kappa shape index (κ2) is 11.7. The number of sulfonamides is 1. The minimum absolute atomic E-state index is 0.132. The summed E-state index contributed by atoms with van der Waals surface area (Å²) in [5.74, 6) is -4.11. The van der Waals surface area contributed by atoms with Crippen molar-refractivity contribution >= 4 is 42.6 Å². The summed E-state index contributed by atoms with van der Waals surface area (Å²) in [6.45, 7) is 0.353. The van der Waals surface area contributed by atoms with E-state index < -0.39 is 33.5 Å². The molecule has 5 rings (SSSR count). The number of hydrogen-bond acceptors (Lipinski definition) is 5. The van der Waals surface area contributed by atoms with Crippen LogP contribution in [0.3, 0.4) is 0 Å². The molecule has 3 N–H and O–H groups in total. The number of piperidine rings is 1. The molecule has 2 fully saturated rings. The predicted molar refractivity (Wildman–Crippen MR) is 153 cm³/mol. The molecule has 0 aromatic heterocycles. The van der Waals surface area contributed by atoms with Gasteiger partial charge in [-0.15, -0.1) is 0 Å². The minimum Gasteiger partial charge on any atom is -0.490 e. The van der Waals surface area contributed by atoms with E-state index in [1.54, 1.807) is 18.2 Å². The number of halogens is 3. The van der Waals surface area contributed by atoms with E-state index in [2.05, 4.69) is 20.7 Å². The predicted octanol–water partition coefficient (Wildman–Crippen LogP) is 5.31. The maximum atomic E-state index is 15.9. The highest BCUT2D eigenvalue weighted by Gasteiger charge is 2.50. The molecular formula is C29H32BrF2N3O4S. The summed E-state index contributed by atoms with van der Waals surface area (Å²) in [5, 5.41) is 1.36. The highest BCUT2D eigenvalue weighted by molar-refractivity contribution is 9.10. The average molecular weight is 637 g/mol. The SMILES string of the molecule is NC1CCN(C(=O)[C@@H](NS(=O)(=O)c2ccc3cc(OC4CCCC4)ccc3c2)C(F)(F)c2ccc(Br)cc2)CC1. The van der Waals surface area contributed by atoms with E-state index in [0.29, 0.717) is 28.5 Å². The zero-order chi connectivity index (χ0) is 28.5. The molecule has 1 aliphatic carbocycles. The zero-order valence-electron chi connectivity index (χ0n) is 21.9. The van der Waals surface area contributed by atoms with Crippen molar-refractivity contribution in [3.63, 3.8) is 0 Å². The molecule has 1 atom stereocenters. The third-order valence-electron chi connectivity index (χ3n) is 7.66. The van der Waals surface area contributed by atoms with Crippen LogP contribution >= 0.6 is 15.9 Å². The number of rotatable bonds is 8. The Morgan fingerprint density at radius 3 is 2.27 bits per heavy atom. The second-order valence-electron chi connectivity index (χ2n) is 10.5. The molecule has 0 radical (unpaired) electrons. The number of ether oxygens (including phenoxy) is 1. The van der Waals surface area contributed by atoms with Gasteiger partial charge in [0, 0.05) is 29.2 Å². The maximum absolute atomic E-state index is 15.9. The summed E-state index contributed by atoms with van der Waals surface area (Å²) in [4.78, 5) is 14.5. The number of amides is 1. The smallest absolute Gasteiger partial charge is 0.298 e. The van der Waals surface area contributed by atoms with E-state index >= 15 is 8.78 Å². The number of fused-ring (bicyclic) bond motifs is 1. The van der Waals surface area contributed by atoms with E-state index in [4.69, 9.17) is 10.5 Å². The monoisotopic (exact) mass is 635 g/mol. The van der Waals surface area contributed by atoms with Gasteiger partial charge < -0.3 is 15.4 Å². The maximum Gasteiger partial charge on any atom is 0.298 e. The van der Waals surface area contributed by atoms with Gasteiger partial charge in [-0.1, -0.05) is 40.2 Å². The van der Waals surface area contributed by atoms with Crippen LogP contribution in [-0.2, 0) is 20.7 Å². The van der Waals surface area contributed by atoms with E-state index in [1.165, 1.54) is 41.3 Å². The van der Waals surface area contributed by atoms with Crippen LogP contribution in [-0.4, -0.2) is 50.5 Å². The Morgan fingerprint density at radius 2 is 1.60 bits per heavy atom. The van der Waals surface area contributed by atoms with Crippen LogP contribution < -0.4 is 15.2 Å². The summed E-state index contributed by atoms with van der Waals surface area (Å²) in [6.07, 6.45) is 5.38. The third-order valence-corrected chi connectivity index (χ3v) is 9.61. The van der Waals surface area contributed by atoms with Crippen LogP contribution in [0, 0.1) is 0 Å². The molecule has 0 spiro atoms. The van der Waals surface area contributed by atoms with Crippen molar-refractivity contribution < 1.29 is 26.7 Å². The van der Waals surface area contributed by atoms with Crippen molar-refractivity contribution in [3.05, 3.63) is 70.7 Å². The topological polar surface area (TPSA) is 102 Å². The van der Waals surface area contributed by atoms with Crippen LogP contribution in [0.2, 0.25) is 0 Å². The fraction of sp³-hybridized carbons (Fsp3) is 0.414. The van der Waals surface area contributed by atoms with Crippen LogP contribution in [0.15, 0.2) is 70.0 Å². The van der Waals surface area contributed by atoms with E-state index in [9.17, 15) is 13.2 Å². The molecule has 1 amide bonds. The highest BCUT2D eigenvalue weighted by Crippen LogP contribution is 2.35. The number of nitrogens with two attached hydrogens (primary N) is 1. The average Bonchev–Trinajstić information content (AvgIpc) is 3.45. The van der Waals surface area contributed by atoms with Gasteiger partial charge in [0.2, 0.25) is 15.9 Å². The first-order chi connectivity index (χ1) is 19.0. The van der Waals surface area contributed by atoms with Gasteiger partial charge in [-0.25, -0.2) is 8.42 Å². The number of carbonyl (C=O) groups is 1. The van der Waals surface area contributed by atoms with Gasteiger partial charge in [0.1, 0.15) is 5.75 Å². The van der Waals surface area contributed by atoms with Crippen molar-refractivity contribution in [1.82, 2.24) is 9.62 Å². The molecule has 0 bridgehead atoms. The number of nitrogens with one attached hydrogen (secondary N) is 1. The summed E-state index contributed by atoms with van der Waals surface area (Å²) in [6, 6.07) is 12.5. The van der Waals surface area contributed by atoms with E-state index in [0.717, 1.165) is 31.1 Å². The molecule has 214 valence electrons. The summed E-state index contributed by atoms with van der Waals surface area (Å²) < 4.78 is 67.5. The van der Waals surface area contributed by atoms with Crippen molar-refractivity contribution in [3.8, 4) is 5.75 Å². The van der Waals surface area contributed by atoms with Gasteiger partial charge >= 0.3 is 0 Å². The van der Waals surface area contributed by atoms with Gasteiger partial charge in [-0.2, -0.15) is 13.5 Å². The van der Waals surface area contributed by atoms with Crippen LogP contribution in [0.25, 0.3) is 10.8 Å². The molecule has 40 heavy (non-hydrogen) atoms. The molecule has 1 aliphatic heterocycles. The lowest BCUT2D eigenvalue weighted by atomic mass is 9.99. The Bertz CT molecular complexity index is 1470. The Hall–Kier alpha value is -2.60. The molecule has 1 saturated carbocycles. The molecule has 11 heteroatoms. The van der Waals surface area contributed by atoms with Crippen molar-refractivity contribution in [1.29, 1.82) is 0 Å². The third kappa shape index (κ3) is 6.32. The van der Waals surface area contributed by atoms with Gasteiger partial charge in [0.25, 0.3) is 5.92 Å². The number of hydrogen-bond donors (Lipinski definition) is 2. The van der Waals surface area contributed by atoms with E-state index in [1.807, 2.05) is 6.07 Å².